The Labute approximate surface area is 143 Å². The highest BCUT2D eigenvalue weighted by Gasteiger charge is 2.18. The lowest BCUT2D eigenvalue weighted by Gasteiger charge is -2.18. The standard InChI is InChI=1S/C18H21NO4S/c1-19(14-16-10-7-11-17(22-2)18(16)23-3)24(20,21)13-12-15-8-5-4-6-9-15/h4-13H,14H2,1-3H3/b13-12+. The van der Waals surface area contributed by atoms with Crippen LogP contribution in [0.1, 0.15) is 11.1 Å². The van der Waals surface area contributed by atoms with Gasteiger partial charge in [0, 0.05) is 24.6 Å². The first-order chi connectivity index (χ1) is 11.5. The second-order valence-electron chi connectivity index (χ2n) is 5.17. The molecule has 0 spiro atoms. The van der Waals surface area contributed by atoms with Crippen molar-refractivity contribution in [3.8, 4) is 11.5 Å². The molecule has 0 saturated carbocycles. The Morgan fingerprint density at radius 2 is 1.71 bits per heavy atom. The summed E-state index contributed by atoms with van der Waals surface area (Å²) in [5.41, 5.74) is 1.56. The largest absolute Gasteiger partial charge is 0.493 e. The zero-order valence-electron chi connectivity index (χ0n) is 14.0. The Balaban J connectivity index is 2.20. The minimum atomic E-state index is -3.54. The number of para-hydroxylation sites is 1. The van der Waals surface area contributed by atoms with Crippen molar-refractivity contribution < 1.29 is 17.9 Å². The van der Waals surface area contributed by atoms with E-state index >= 15 is 0 Å². The van der Waals surface area contributed by atoms with Crippen LogP contribution in [0, 0.1) is 0 Å². The summed E-state index contributed by atoms with van der Waals surface area (Å²) in [4.78, 5) is 0. The van der Waals surface area contributed by atoms with E-state index < -0.39 is 10.0 Å². The molecule has 128 valence electrons. The van der Waals surface area contributed by atoms with Gasteiger partial charge >= 0.3 is 0 Å². The molecule has 0 saturated heterocycles. The van der Waals surface area contributed by atoms with Crippen molar-refractivity contribution in [2.24, 2.45) is 0 Å². The van der Waals surface area contributed by atoms with Gasteiger partial charge in [-0.25, -0.2) is 8.42 Å². The van der Waals surface area contributed by atoms with Gasteiger partial charge < -0.3 is 9.47 Å². The van der Waals surface area contributed by atoms with Crippen LogP contribution in [0.3, 0.4) is 0 Å². The van der Waals surface area contributed by atoms with Gasteiger partial charge in [0.05, 0.1) is 14.2 Å². The highest BCUT2D eigenvalue weighted by molar-refractivity contribution is 7.92. The summed E-state index contributed by atoms with van der Waals surface area (Å²) in [6, 6.07) is 14.7. The van der Waals surface area contributed by atoms with E-state index in [0.29, 0.717) is 11.5 Å². The normalized spacial score (nSPS) is 11.8. The molecule has 0 fully saturated rings. The van der Waals surface area contributed by atoms with Crippen molar-refractivity contribution in [1.29, 1.82) is 0 Å². The van der Waals surface area contributed by atoms with Gasteiger partial charge in [-0.2, -0.15) is 4.31 Å². The maximum atomic E-state index is 12.4. The molecule has 0 aliphatic heterocycles. The van der Waals surface area contributed by atoms with Crippen LogP contribution in [-0.2, 0) is 16.6 Å². The van der Waals surface area contributed by atoms with Gasteiger partial charge in [-0.15, -0.1) is 0 Å². The molecule has 0 N–H and O–H groups in total. The molecule has 0 atom stereocenters. The van der Waals surface area contributed by atoms with Crippen LogP contribution in [0.4, 0.5) is 0 Å². The van der Waals surface area contributed by atoms with Crippen LogP contribution in [-0.4, -0.2) is 34.0 Å². The summed E-state index contributed by atoms with van der Waals surface area (Å²) in [6.07, 6.45) is 1.58. The topological polar surface area (TPSA) is 55.8 Å². The number of hydrogen-bond donors (Lipinski definition) is 0. The van der Waals surface area contributed by atoms with Crippen molar-refractivity contribution in [3.05, 3.63) is 65.1 Å². The van der Waals surface area contributed by atoms with Crippen LogP contribution in [0.15, 0.2) is 53.9 Å². The van der Waals surface area contributed by atoms with Gasteiger partial charge in [0.2, 0.25) is 10.0 Å². The maximum Gasteiger partial charge on any atom is 0.236 e. The molecular weight excluding hydrogens is 326 g/mol. The predicted molar refractivity (Wildman–Crippen MR) is 95.4 cm³/mol. The lowest BCUT2D eigenvalue weighted by molar-refractivity contribution is 0.347. The molecule has 0 aliphatic rings. The van der Waals surface area contributed by atoms with E-state index in [0.717, 1.165) is 11.1 Å². The zero-order chi connectivity index (χ0) is 17.6. The van der Waals surface area contributed by atoms with E-state index in [4.69, 9.17) is 9.47 Å². The number of nitrogens with zero attached hydrogens (tertiary/aromatic N) is 1. The third-order valence-electron chi connectivity index (χ3n) is 3.54. The number of ether oxygens (including phenoxy) is 2. The molecule has 2 aromatic rings. The number of hydrogen-bond acceptors (Lipinski definition) is 4. The number of sulfonamides is 1. The van der Waals surface area contributed by atoms with Crippen molar-refractivity contribution in [2.75, 3.05) is 21.3 Å². The van der Waals surface area contributed by atoms with Gasteiger partial charge in [-0.05, 0) is 17.7 Å². The third kappa shape index (κ3) is 4.37. The first kappa shape index (κ1) is 18.0. The van der Waals surface area contributed by atoms with E-state index in [1.807, 2.05) is 36.4 Å². The number of methoxy groups -OCH3 is 2. The van der Waals surface area contributed by atoms with Crippen molar-refractivity contribution in [2.45, 2.75) is 6.54 Å². The molecule has 6 heteroatoms. The second kappa shape index (κ2) is 7.99. The quantitative estimate of drug-likeness (QED) is 0.772. The average molecular weight is 347 g/mol. The summed E-state index contributed by atoms with van der Waals surface area (Å²) >= 11 is 0. The predicted octanol–water partition coefficient (Wildman–Crippen LogP) is 3.14. The lowest BCUT2D eigenvalue weighted by atomic mass is 10.2. The summed E-state index contributed by atoms with van der Waals surface area (Å²) in [5.74, 6) is 1.11. The fourth-order valence-corrected chi connectivity index (χ4v) is 3.10. The monoisotopic (exact) mass is 347 g/mol. The summed E-state index contributed by atoms with van der Waals surface area (Å²) in [5, 5.41) is 1.20. The molecule has 0 radical (unpaired) electrons. The lowest BCUT2D eigenvalue weighted by Crippen LogP contribution is -2.24. The summed E-state index contributed by atoms with van der Waals surface area (Å²) in [7, 11) is 1.07. The summed E-state index contributed by atoms with van der Waals surface area (Å²) < 4.78 is 36.7. The van der Waals surface area contributed by atoms with E-state index in [-0.39, 0.29) is 6.54 Å². The fraction of sp³-hybridized carbons (Fsp3) is 0.222. The van der Waals surface area contributed by atoms with Crippen LogP contribution in [0.25, 0.3) is 6.08 Å². The van der Waals surface area contributed by atoms with Gasteiger partial charge in [0.15, 0.2) is 11.5 Å². The van der Waals surface area contributed by atoms with Crippen LogP contribution < -0.4 is 9.47 Å². The Kier molecular flexibility index (Phi) is 6.00. The number of benzene rings is 2. The fourth-order valence-electron chi connectivity index (χ4n) is 2.24. The Morgan fingerprint density at radius 1 is 1.00 bits per heavy atom. The average Bonchev–Trinajstić information content (AvgIpc) is 2.60. The van der Waals surface area contributed by atoms with Crippen LogP contribution in [0.2, 0.25) is 0 Å². The minimum absolute atomic E-state index is 0.182. The zero-order valence-corrected chi connectivity index (χ0v) is 14.8. The van der Waals surface area contributed by atoms with Gasteiger partial charge in [-0.3, -0.25) is 0 Å². The molecule has 2 rings (SSSR count). The maximum absolute atomic E-state index is 12.4. The summed E-state index contributed by atoms with van der Waals surface area (Å²) in [6.45, 7) is 0.182. The smallest absolute Gasteiger partial charge is 0.236 e. The van der Waals surface area contributed by atoms with Crippen LogP contribution in [0.5, 0.6) is 11.5 Å². The first-order valence-corrected chi connectivity index (χ1v) is 8.87. The van der Waals surface area contributed by atoms with Gasteiger partial charge in [-0.1, -0.05) is 42.5 Å². The third-order valence-corrected chi connectivity index (χ3v) is 5.02. The first-order valence-electron chi connectivity index (χ1n) is 7.37. The molecule has 0 aliphatic carbocycles. The van der Waals surface area contributed by atoms with Gasteiger partial charge in [0.25, 0.3) is 0 Å². The van der Waals surface area contributed by atoms with Crippen molar-refractivity contribution in [3.63, 3.8) is 0 Å². The molecule has 0 amide bonds. The molecule has 0 heterocycles. The molecule has 24 heavy (non-hydrogen) atoms. The molecule has 2 aromatic carbocycles. The minimum Gasteiger partial charge on any atom is -0.493 e. The Bertz CT molecular complexity index is 801. The van der Waals surface area contributed by atoms with Crippen LogP contribution >= 0.6 is 0 Å². The Hall–Kier alpha value is -2.31. The van der Waals surface area contributed by atoms with Gasteiger partial charge in [0.1, 0.15) is 0 Å². The van der Waals surface area contributed by atoms with E-state index in [1.54, 1.807) is 25.3 Å². The van der Waals surface area contributed by atoms with E-state index in [2.05, 4.69) is 0 Å². The highest BCUT2D eigenvalue weighted by atomic mass is 32.2. The van der Waals surface area contributed by atoms with E-state index in [9.17, 15) is 8.42 Å². The molecule has 0 bridgehead atoms. The van der Waals surface area contributed by atoms with E-state index in [1.165, 1.54) is 23.9 Å². The second-order valence-corrected chi connectivity index (χ2v) is 7.09. The highest BCUT2D eigenvalue weighted by Crippen LogP contribution is 2.31. The number of rotatable bonds is 7. The molecule has 5 nitrogen and oxygen atoms in total. The Morgan fingerprint density at radius 3 is 2.33 bits per heavy atom. The molecule has 0 aromatic heterocycles. The SMILES string of the molecule is COc1cccc(CN(C)S(=O)(=O)/C=C/c2ccccc2)c1OC. The molecular formula is C18H21NO4S. The van der Waals surface area contributed by atoms with Crippen molar-refractivity contribution in [1.82, 2.24) is 4.31 Å². The van der Waals surface area contributed by atoms with Crippen molar-refractivity contribution >= 4 is 16.1 Å². The molecule has 0 unspecified atom stereocenters.